The molecule has 0 bridgehead atoms. The smallest absolute Gasteiger partial charge is 0.410 e. The van der Waals surface area contributed by atoms with Gasteiger partial charge in [-0.1, -0.05) is 43.7 Å². The number of piperidine rings is 1. The van der Waals surface area contributed by atoms with Gasteiger partial charge >= 0.3 is 12.1 Å². The summed E-state index contributed by atoms with van der Waals surface area (Å²) in [4.78, 5) is 27.7. The Morgan fingerprint density at radius 2 is 1.92 bits per heavy atom. The number of carbonyl (C=O) groups excluding carboxylic acids is 1. The highest BCUT2D eigenvalue weighted by Gasteiger charge is 2.25. The maximum atomic E-state index is 12.5. The van der Waals surface area contributed by atoms with Gasteiger partial charge in [-0.05, 0) is 44.1 Å². The van der Waals surface area contributed by atoms with E-state index in [0.29, 0.717) is 49.3 Å². The van der Waals surface area contributed by atoms with E-state index < -0.39 is 0 Å². The minimum Gasteiger partial charge on any atom is -0.468 e. The Morgan fingerprint density at radius 3 is 2.61 bits per heavy atom. The molecular formula is C26H36N6O4. The molecule has 1 amide bonds. The van der Waals surface area contributed by atoms with E-state index in [1.54, 1.807) is 12.0 Å². The van der Waals surface area contributed by atoms with Crippen molar-refractivity contribution in [3.05, 3.63) is 35.9 Å². The van der Waals surface area contributed by atoms with Gasteiger partial charge in [0, 0.05) is 19.6 Å². The van der Waals surface area contributed by atoms with Gasteiger partial charge in [0.05, 0.1) is 13.2 Å². The molecular weight excluding hydrogens is 460 g/mol. The lowest BCUT2D eigenvalue weighted by atomic mass is 9.94. The van der Waals surface area contributed by atoms with Gasteiger partial charge in [0.15, 0.2) is 17.0 Å². The van der Waals surface area contributed by atoms with Crippen molar-refractivity contribution in [2.24, 2.45) is 5.92 Å². The normalized spacial score (nSPS) is 15.1. The molecule has 1 fully saturated rings. The average Bonchev–Trinajstić information content (AvgIpc) is 3.25. The van der Waals surface area contributed by atoms with Gasteiger partial charge in [0.1, 0.15) is 6.61 Å². The predicted molar refractivity (Wildman–Crippen MR) is 137 cm³/mol. The van der Waals surface area contributed by atoms with Crippen LogP contribution in [0, 0.1) is 5.92 Å². The quantitative estimate of drug-likeness (QED) is 0.438. The maximum absolute atomic E-state index is 12.5. The van der Waals surface area contributed by atoms with Crippen LogP contribution in [0.4, 0.5) is 10.6 Å². The second kappa shape index (κ2) is 11.9. The van der Waals surface area contributed by atoms with E-state index in [1.807, 2.05) is 41.8 Å². The van der Waals surface area contributed by atoms with Crippen LogP contribution in [0.15, 0.2) is 30.3 Å². The van der Waals surface area contributed by atoms with Crippen LogP contribution in [0.3, 0.4) is 0 Å². The van der Waals surface area contributed by atoms with E-state index in [1.165, 1.54) is 0 Å². The molecule has 2 N–H and O–H groups in total. The largest absolute Gasteiger partial charge is 0.468 e. The summed E-state index contributed by atoms with van der Waals surface area (Å²) in [6.45, 7) is 6.43. The van der Waals surface area contributed by atoms with E-state index in [-0.39, 0.29) is 24.0 Å². The van der Waals surface area contributed by atoms with Gasteiger partial charge in [-0.25, -0.2) is 4.79 Å². The molecule has 1 aliphatic heterocycles. The third-order valence-corrected chi connectivity index (χ3v) is 6.59. The van der Waals surface area contributed by atoms with E-state index >= 15 is 0 Å². The molecule has 1 atom stereocenters. The number of aromatic nitrogens is 4. The number of anilines is 1. The Morgan fingerprint density at radius 1 is 1.17 bits per heavy atom. The Labute approximate surface area is 211 Å². The first-order valence-electron chi connectivity index (χ1n) is 12.7. The summed E-state index contributed by atoms with van der Waals surface area (Å²) in [5.41, 5.74) is 8.29. The topological polar surface area (TPSA) is 118 Å². The Kier molecular flexibility index (Phi) is 8.45. The maximum Gasteiger partial charge on any atom is 0.410 e. The summed E-state index contributed by atoms with van der Waals surface area (Å²) in [6.07, 6.45) is 4.38. The number of benzene rings is 1. The Hall–Kier alpha value is -3.56. The standard InChI is InChI=1S/C26H36N6O4/c1-4-8-18(2)36-24-29-22(27)21-23(30-24)32(25(28-21)34-3)16-13-19-11-14-31(15-12-19)26(33)35-17-20-9-6-5-7-10-20/h5-7,9-10,18-19H,4,8,11-17H2,1-3H3,(H2,27,29,30)/t18-/m0/s1. The summed E-state index contributed by atoms with van der Waals surface area (Å²) in [5, 5.41) is 0. The van der Waals surface area contributed by atoms with Crippen LogP contribution in [0.1, 0.15) is 51.5 Å². The fraction of sp³-hybridized carbons (Fsp3) is 0.538. The predicted octanol–water partition coefficient (Wildman–Crippen LogP) is 4.42. The molecule has 1 aliphatic rings. The zero-order chi connectivity index (χ0) is 25.5. The summed E-state index contributed by atoms with van der Waals surface area (Å²) in [6, 6.07) is 10.4. The van der Waals surface area contributed by atoms with Crippen molar-refractivity contribution >= 4 is 23.1 Å². The number of amides is 1. The van der Waals surface area contributed by atoms with Crippen LogP contribution in [0.5, 0.6) is 12.0 Å². The zero-order valence-electron chi connectivity index (χ0n) is 21.4. The van der Waals surface area contributed by atoms with Crippen molar-refractivity contribution in [3.63, 3.8) is 0 Å². The number of nitrogen functional groups attached to an aromatic ring is 1. The van der Waals surface area contributed by atoms with Gasteiger partial charge in [-0.2, -0.15) is 15.0 Å². The fourth-order valence-electron chi connectivity index (χ4n) is 4.56. The lowest BCUT2D eigenvalue weighted by Gasteiger charge is -2.31. The number of nitrogens with zero attached hydrogens (tertiary/aromatic N) is 5. The monoisotopic (exact) mass is 496 g/mol. The van der Waals surface area contributed by atoms with Crippen LogP contribution < -0.4 is 15.2 Å². The number of hydrogen-bond donors (Lipinski definition) is 1. The molecule has 36 heavy (non-hydrogen) atoms. The van der Waals surface area contributed by atoms with E-state index in [0.717, 1.165) is 37.7 Å². The van der Waals surface area contributed by atoms with Crippen LogP contribution in [0.2, 0.25) is 0 Å². The highest BCUT2D eigenvalue weighted by molar-refractivity contribution is 5.83. The summed E-state index contributed by atoms with van der Waals surface area (Å²) in [5.74, 6) is 0.739. The first-order valence-corrected chi connectivity index (χ1v) is 12.7. The lowest BCUT2D eigenvalue weighted by molar-refractivity contribution is 0.0811. The van der Waals surface area contributed by atoms with Crippen molar-refractivity contribution in [3.8, 4) is 12.0 Å². The van der Waals surface area contributed by atoms with Crippen molar-refractivity contribution in [1.82, 2.24) is 24.4 Å². The molecule has 0 radical (unpaired) electrons. The fourth-order valence-corrected chi connectivity index (χ4v) is 4.56. The number of ether oxygens (including phenoxy) is 3. The van der Waals surface area contributed by atoms with Gasteiger partial charge in [0.2, 0.25) is 0 Å². The highest BCUT2D eigenvalue weighted by atomic mass is 16.6. The van der Waals surface area contributed by atoms with Gasteiger partial charge in [0.25, 0.3) is 6.01 Å². The van der Waals surface area contributed by atoms with Gasteiger partial charge in [-0.15, -0.1) is 0 Å². The Bertz CT molecular complexity index is 1140. The SMILES string of the molecule is CCC[C@H](C)Oc1nc(N)c2nc(OC)n(CCC3CCN(C(=O)OCc4ccccc4)CC3)c2n1. The molecule has 0 aliphatic carbocycles. The molecule has 0 spiro atoms. The third-order valence-electron chi connectivity index (χ3n) is 6.59. The Balaban J connectivity index is 1.35. The molecule has 0 unspecified atom stereocenters. The minimum atomic E-state index is -0.253. The van der Waals surface area contributed by atoms with Gasteiger partial charge in [-0.3, -0.25) is 4.57 Å². The number of aryl methyl sites for hydroxylation is 1. The molecule has 3 aromatic rings. The molecule has 10 heteroatoms. The number of nitrogens with two attached hydrogens (primary N) is 1. The van der Waals surface area contributed by atoms with E-state index in [2.05, 4.69) is 21.9 Å². The number of carbonyl (C=O) groups is 1. The molecule has 194 valence electrons. The van der Waals surface area contributed by atoms with E-state index in [9.17, 15) is 4.79 Å². The molecule has 1 aromatic carbocycles. The highest BCUT2D eigenvalue weighted by Crippen LogP contribution is 2.28. The second-order valence-corrected chi connectivity index (χ2v) is 9.29. The number of imidazole rings is 1. The molecule has 2 aromatic heterocycles. The number of hydrogen-bond acceptors (Lipinski definition) is 8. The number of methoxy groups -OCH3 is 1. The molecule has 10 nitrogen and oxygen atoms in total. The number of fused-ring (bicyclic) bond motifs is 1. The van der Waals surface area contributed by atoms with Crippen molar-refractivity contribution in [2.45, 2.75) is 65.2 Å². The average molecular weight is 497 g/mol. The summed E-state index contributed by atoms with van der Waals surface area (Å²) in [7, 11) is 1.58. The molecule has 3 heterocycles. The molecule has 4 rings (SSSR count). The van der Waals surface area contributed by atoms with Crippen LogP contribution in [-0.2, 0) is 17.9 Å². The van der Waals surface area contributed by atoms with Crippen LogP contribution >= 0.6 is 0 Å². The van der Waals surface area contributed by atoms with Crippen molar-refractivity contribution < 1.29 is 19.0 Å². The first-order chi connectivity index (χ1) is 17.5. The van der Waals surface area contributed by atoms with Crippen molar-refractivity contribution in [2.75, 3.05) is 25.9 Å². The van der Waals surface area contributed by atoms with Crippen LogP contribution in [-0.4, -0.2) is 56.8 Å². The van der Waals surface area contributed by atoms with Gasteiger partial charge < -0.3 is 24.8 Å². The second-order valence-electron chi connectivity index (χ2n) is 9.29. The minimum absolute atomic E-state index is 0.00492. The lowest BCUT2D eigenvalue weighted by Crippen LogP contribution is -2.39. The number of rotatable bonds is 10. The van der Waals surface area contributed by atoms with E-state index in [4.69, 9.17) is 19.9 Å². The first kappa shape index (κ1) is 25.5. The van der Waals surface area contributed by atoms with Crippen LogP contribution in [0.25, 0.3) is 11.2 Å². The molecule has 1 saturated heterocycles. The van der Waals surface area contributed by atoms with Crippen molar-refractivity contribution in [1.29, 1.82) is 0 Å². The summed E-state index contributed by atoms with van der Waals surface area (Å²) >= 11 is 0. The number of likely N-dealkylation sites (tertiary alicyclic amines) is 1. The summed E-state index contributed by atoms with van der Waals surface area (Å²) < 4.78 is 18.8. The zero-order valence-corrected chi connectivity index (χ0v) is 21.4. The third kappa shape index (κ3) is 6.16. The molecule has 0 saturated carbocycles.